The molecular weight excluding hydrogens is 264 g/mol. The lowest BCUT2D eigenvalue weighted by Gasteiger charge is -2.02. The van der Waals surface area contributed by atoms with Crippen LogP contribution in [0.4, 0.5) is 5.95 Å². The summed E-state index contributed by atoms with van der Waals surface area (Å²) in [4.78, 5) is 27.0. The number of aromatic amines is 1. The molecule has 2 N–H and O–H groups in total. The van der Waals surface area contributed by atoms with E-state index in [1.165, 1.54) is 18.1 Å². The molecule has 1 heterocycles. The molecular formula is C12H12N4O2S. The fraction of sp³-hybridized carbons (Fsp3) is 0.167. The number of nitrogens with zero attached hydrogens (tertiary/aromatic N) is 2. The van der Waals surface area contributed by atoms with Crippen LogP contribution in [-0.2, 0) is 4.79 Å². The van der Waals surface area contributed by atoms with Crippen LogP contribution >= 0.6 is 11.8 Å². The molecule has 0 radical (unpaired) electrons. The van der Waals surface area contributed by atoms with E-state index in [1.807, 2.05) is 18.2 Å². The van der Waals surface area contributed by atoms with E-state index in [1.54, 1.807) is 12.1 Å². The van der Waals surface area contributed by atoms with Crippen molar-refractivity contribution in [3.05, 3.63) is 42.2 Å². The molecule has 0 bridgehead atoms. The van der Waals surface area contributed by atoms with Crippen molar-refractivity contribution in [1.82, 2.24) is 15.2 Å². The SMILES string of the molecule is O=C(CSCC(=O)c1ccccc1)Nc1ncn[nH]1. The van der Waals surface area contributed by atoms with Gasteiger partial charge in [-0.05, 0) is 0 Å². The predicted octanol–water partition coefficient (Wildman–Crippen LogP) is 1.36. The average Bonchev–Trinajstić information content (AvgIpc) is 2.92. The molecule has 0 aliphatic carbocycles. The van der Waals surface area contributed by atoms with Crippen molar-refractivity contribution in [2.75, 3.05) is 16.8 Å². The number of anilines is 1. The highest BCUT2D eigenvalue weighted by Crippen LogP contribution is 2.07. The van der Waals surface area contributed by atoms with Gasteiger partial charge in [-0.2, -0.15) is 10.1 Å². The third-order valence-electron chi connectivity index (χ3n) is 2.23. The number of benzene rings is 1. The van der Waals surface area contributed by atoms with Gasteiger partial charge in [0.05, 0.1) is 11.5 Å². The van der Waals surface area contributed by atoms with Crippen LogP contribution in [0.5, 0.6) is 0 Å². The predicted molar refractivity (Wildman–Crippen MR) is 73.1 cm³/mol. The first-order valence-electron chi connectivity index (χ1n) is 5.57. The van der Waals surface area contributed by atoms with Crippen LogP contribution < -0.4 is 5.32 Å². The topological polar surface area (TPSA) is 87.7 Å². The van der Waals surface area contributed by atoms with E-state index in [4.69, 9.17) is 0 Å². The number of amides is 1. The Kier molecular flexibility index (Phi) is 4.68. The van der Waals surface area contributed by atoms with Gasteiger partial charge in [0.2, 0.25) is 11.9 Å². The summed E-state index contributed by atoms with van der Waals surface area (Å²) >= 11 is 1.26. The molecule has 0 aliphatic heterocycles. The fourth-order valence-corrected chi connectivity index (χ4v) is 2.09. The van der Waals surface area contributed by atoms with Crippen molar-refractivity contribution in [3.8, 4) is 0 Å². The monoisotopic (exact) mass is 276 g/mol. The number of nitrogens with one attached hydrogen (secondary N) is 2. The lowest BCUT2D eigenvalue weighted by molar-refractivity contribution is -0.113. The van der Waals surface area contributed by atoms with E-state index >= 15 is 0 Å². The van der Waals surface area contributed by atoms with E-state index in [-0.39, 0.29) is 23.2 Å². The Labute approximate surface area is 114 Å². The number of hydrogen-bond donors (Lipinski definition) is 2. The number of carbonyl (C=O) groups excluding carboxylic acids is 2. The summed E-state index contributed by atoms with van der Waals surface area (Å²) in [6, 6.07) is 9.01. The van der Waals surface area contributed by atoms with Crippen LogP contribution in [0.2, 0.25) is 0 Å². The number of ketones is 1. The normalized spacial score (nSPS) is 10.1. The van der Waals surface area contributed by atoms with E-state index in [9.17, 15) is 9.59 Å². The second-order valence-corrected chi connectivity index (χ2v) is 4.65. The van der Waals surface area contributed by atoms with Gasteiger partial charge in [-0.15, -0.1) is 11.8 Å². The van der Waals surface area contributed by atoms with Gasteiger partial charge in [0, 0.05) is 5.56 Å². The van der Waals surface area contributed by atoms with Gasteiger partial charge < -0.3 is 0 Å². The lowest BCUT2D eigenvalue weighted by Crippen LogP contribution is -2.16. The maximum Gasteiger partial charge on any atom is 0.236 e. The number of Topliss-reactive ketones (excluding diaryl/α,β-unsaturated/α-hetero) is 1. The van der Waals surface area contributed by atoms with Crippen molar-refractivity contribution in [1.29, 1.82) is 0 Å². The molecule has 2 rings (SSSR count). The minimum atomic E-state index is -0.220. The van der Waals surface area contributed by atoms with E-state index in [0.29, 0.717) is 11.5 Å². The van der Waals surface area contributed by atoms with Crippen molar-refractivity contribution in [2.45, 2.75) is 0 Å². The van der Waals surface area contributed by atoms with Crippen LogP contribution in [0.1, 0.15) is 10.4 Å². The lowest BCUT2D eigenvalue weighted by atomic mass is 10.2. The van der Waals surface area contributed by atoms with Crippen molar-refractivity contribution < 1.29 is 9.59 Å². The molecule has 0 unspecified atom stereocenters. The summed E-state index contributed by atoms with van der Waals surface area (Å²) in [7, 11) is 0. The van der Waals surface area contributed by atoms with E-state index in [2.05, 4.69) is 20.5 Å². The molecule has 0 spiro atoms. The van der Waals surface area contributed by atoms with Crippen LogP contribution in [0.3, 0.4) is 0 Å². The maximum atomic E-state index is 11.8. The Balaban J connectivity index is 1.72. The first-order valence-corrected chi connectivity index (χ1v) is 6.72. The highest BCUT2D eigenvalue weighted by Gasteiger charge is 2.08. The Morgan fingerprint density at radius 3 is 2.68 bits per heavy atom. The third-order valence-corrected chi connectivity index (χ3v) is 3.17. The molecule has 0 aliphatic rings. The number of hydrogen-bond acceptors (Lipinski definition) is 5. The van der Waals surface area contributed by atoms with Gasteiger partial charge in [0.25, 0.3) is 0 Å². The quantitative estimate of drug-likeness (QED) is 0.778. The molecule has 0 saturated heterocycles. The standard InChI is InChI=1S/C12H12N4O2S/c17-10(9-4-2-1-3-5-9)6-19-7-11(18)15-12-13-8-14-16-12/h1-5,8H,6-7H2,(H2,13,14,15,16,18). The van der Waals surface area contributed by atoms with Crippen molar-refractivity contribution in [3.63, 3.8) is 0 Å². The van der Waals surface area contributed by atoms with Gasteiger partial charge >= 0.3 is 0 Å². The largest absolute Gasteiger partial charge is 0.294 e. The molecule has 1 aromatic carbocycles. The van der Waals surface area contributed by atoms with Gasteiger partial charge in [-0.1, -0.05) is 30.3 Å². The minimum absolute atomic E-state index is 0.0121. The third kappa shape index (κ3) is 4.22. The maximum absolute atomic E-state index is 11.8. The number of aromatic nitrogens is 3. The number of carbonyl (C=O) groups is 2. The van der Waals surface area contributed by atoms with E-state index < -0.39 is 0 Å². The summed E-state index contributed by atoms with van der Waals surface area (Å²) in [6.07, 6.45) is 1.31. The Morgan fingerprint density at radius 2 is 2.00 bits per heavy atom. The summed E-state index contributed by atoms with van der Waals surface area (Å²) in [5.74, 6) is 0.563. The molecule has 1 aromatic heterocycles. The second-order valence-electron chi connectivity index (χ2n) is 3.66. The summed E-state index contributed by atoms with van der Waals surface area (Å²) in [5.41, 5.74) is 0.658. The Bertz CT molecular complexity index is 542. The molecule has 0 atom stereocenters. The van der Waals surface area contributed by atoms with Gasteiger partial charge in [-0.25, -0.2) is 5.10 Å². The zero-order chi connectivity index (χ0) is 13.5. The summed E-state index contributed by atoms with van der Waals surface area (Å²) < 4.78 is 0. The van der Waals surface area contributed by atoms with Crippen LogP contribution in [0.25, 0.3) is 0 Å². The number of H-pyrrole nitrogens is 1. The number of rotatable bonds is 6. The highest BCUT2D eigenvalue weighted by molar-refractivity contribution is 8.00. The van der Waals surface area contributed by atoms with Crippen molar-refractivity contribution >= 4 is 29.4 Å². The second kappa shape index (κ2) is 6.69. The molecule has 1 amide bonds. The van der Waals surface area contributed by atoms with Crippen LogP contribution in [0.15, 0.2) is 36.7 Å². The van der Waals surface area contributed by atoms with Crippen LogP contribution in [0, 0.1) is 0 Å². The zero-order valence-electron chi connectivity index (χ0n) is 10.00. The molecule has 0 fully saturated rings. The van der Waals surface area contributed by atoms with Gasteiger partial charge in [0.1, 0.15) is 6.33 Å². The fourth-order valence-electron chi connectivity index (χ4n) is 1.38. The molecule has 6 nitrogen and oxygen atoms in total. The van der Waals surface area contributed by atoms with Gasteiger partial charge in [0.15, 0.2) is 5.78 Å². The highest BCUT2D eigenvalue weighted by atomic mass is 32.2. The Morgan fingerprint density at radius 1 is 1.21 bits per heavy atom. The number of thioether (sulfide) groups is 1. The first kappa shape index (κ1) is 13.3. The zero-order valence-corrected chi connectivity index (χ0v) is 10.8. The molecule has 2 aromatic rings. The van der Waals surface area contributed by atoms with Gasteiger partial charge in [-0.3, -0.25) is 14.9 Å². The van der Waals surface area contributed by atoms with Crippen molar-refractivity contribution in [2.24, 2.45) is 0 Å². The first-order chi connectivity index (χ1) is 9.25. The molecule has 0 saturated carbocycles. The smallest absolute Gasteiger partial charge is 0.236 e. The minimum Gasteiger partial charge on any atom is -0.294 e. The van der Waals surface area contributed by atoms with Crippen LogP contribution in [-0.4, -0.2) is 38.4 Å². The summed E-state index contributed by atoms with van der Waals surface area (Å²) in [6.45, 7) is 0. The van der Waals surface area contributed by atoms with E-state index in [0.717, 1.165) is 0 Å². The Hall–Kier alpha value is -2.15. The average molecular weight is 276 g/mol. The molecule has 19 heavy (non-hydrogen) atoms. The molecule has 7 heteroatoms. The summed E-state index contributed by atoms with van der Waals surface area (Å²) in [5, 5.41) is 8.67. The molecule has 98 valence electrons.